The SMILES string of the molecule is O=C(CCC(C(=O)OCc1ccccc1)N(Cc1ccccc1)Cc1ccccc1)OCc1ccccc1. The number of carbonyl (C=O) groups excluding carboxylic acids is 2. The Morgan fingerprint density at radius 1 is 0.553 bits per heavy atom. The van der Waals surface area contributed by atoms with Gasteiger partial charge in [-0.15, -0.1) is 0 Å². The van der Waals surface area contributed by atoms with Crippen LogP contribution >= 0.6 is 0 Å². The van der Waals surface area contributed by atoms with Crippen LogP contribution in [0.2, 0.25) is 0 Å². The molecule has 0 spiro atoms. The molecule has 0 radical (unpaired) electrons. The van der Waals surface area contributed by atoms with Crippen LogP contribution in [0.1, 0.15) is 35.1 Å². The molecule has 1 atom stereocenters. The van der Waals surface area contributed by atoms with E-state index in [0.29, 0.717) is 19.5 Å². The normalized spacial score (nSPS) is 11.6. The summed E-state index contributed by atoms with van der Waals surface area (Å²) in [4.78, 5) is 28.3. The maximum atomic E-state index is 13.5. The first-order valence-corrected chi connectivity index (χ1v) is 12.9. The highest BCUT2D eigenvalue weighted by molar-refractivity contribution is 5.77. The highest BCUT2D eigenvalue weighted by atomic mass is 16.5. The van der Waals surface area contributed by atoms with Gasteiger partial charge in [0, 0.05) is 19.5 Å². The quantitative estimate of drug-likeness (QED) is 0.198. The molecule has 5 heteroatoms. The van der Waals surface area contributed by atoms with Gasteiger partial charge >= 0.3 is 11.9 Å². The number of hydrogen-bond acceptors (Lipinski definition) is 5. The van der Waals surface area contributed by atoms with Crippen LogP contribution in [0.4, 0.5) is 0 Å². The van der Waals surface area contributed by atoms with Crippen molar-refractivity contribution in [3.05, 3.63) is 144 Å². The van der Waals surface area contributed by atoms with Crippen LogP contribution in [-0.4, -0.2) is 22.9 Å². The smallest absolute Gasteiger partial charge is 0.323 e. The molecule has 0 N–H and O–H groups in total. The maximum absolute atomic E-state index is 13.5. The second kappa shape index (κ2) is 14.5. The Bertz CT molecular complexity index is 1210. The van der Waals surface area contributed by atoms with E-state index in [9.17, 15) is 9.59 Å². The predicted molar refractivity (Wildman–Crippen MR) is 148 cm³/mol. The van der Waals surface area contributed by atoms with Crippen molar-refractivity contribution in [2.24, 2.45) is 0 Å². The summed E-state index contributed by atoms with van der Waals surface area (Å²) >= 11 is 0. The van der Waals surface area contributed by atoms with Crippen LogP contribution < -0.4 is 0 Å². The number of benzene rings is 4. The van der Waals surface area contributed by atoms with Gasteiger partial charge in [-0.25, -0.2) is 0 Å². The molecule has 0 aromatic heterocycles. The molecular weight excluding hydrogens is 474 g/mol. The Morgan fingerprint density at radius 2 is 0.947 bits per heavy atom. The molecule has 4 aromatic carbocycles. The van der Waals surface area contributed by atoms with Gasteiger partial charge in [0.25, 0.3) is 0 Å². The minimum Gasteiger partial charge on any atom is -0.461 e. The fourth-order valence-electron chi connectivity index (χ4n) is 4.25. The summed E-state index contributed by atoms with van der Waals surface area (Å²) in [5, 5.41) is 0. The first-order chi connectivity index (χ1) is 18.7. The van der Waals surface area contributed by atoms with E-state index in [0.717, 1.165) is 22.3 Å². The molecular formula is C33H33NO4. The Kier molecular flexibility index (Phi) is 10.2. The molecule has 38 heavy (non-hydrogen) atoms. The van der Waals surface area contributed by atoms with Crippen molar-refractivity contribution >= 4 is 11.9 Å². The van der Waals surface area contributed by atoms with E-state index < -0.39 is 6.04 Å². The van der Waals surface area contributed by atoms with Gasteiger partial charge in [0.15, 0.2) is 0 Å². The van der Waals surface area contributed by atoms with Crippen molar-refractivity contribution in [1.82, 2.24) is 4.90 Å². The van der Waals surface area contributed by atoms with E-state index in [4.69, 9.17) is 9.47 Å². The number of hydrogen-bond donors (Lipinski definition) is 0. The Morgan fingerprint density at radius 3 is 1.39 bits per heavy atom. The summed E-state index contributed by atoms with van der Waals surface area (Å²) in [5.74, 6) is -0.689. The highest BCUT2D eigenvalue weighted by Gasteiger charge is 2.29. The molecule has 0 saturated carbocycles. The average molecular weight is 508 g/mol. The van der Waals surface area contributed by atoms with Gasteiger partial charge in [-0.3, -0.25) is 14.5 Å². The monoisotopic (exact) mass is 507 g/mol. The van der Waals surface area contributed by atoms with Crippen LogP contribution in [-0.2, 0) is 45.4 Å². The van der Waals surface area contributed by atoms with Gasteiger partial charge in [0.2, 0.25) is 0 Å². The lowest BCUT2D eigenvalue weighted by atomic mass is 10.1. The molecule has 0 heterocycles. The van der Waals surface area contributed by atoms with Crippen molar-refractivity contribution in [1.29, 1.82) is 0 Å². The van der Waals surface area contributed by atoms with Crippen LogP contribution in [0.25, 0.3) is 0 Å². The molecule has 194 valence electrons. The molecule has 1 unspecified atom stereocenters. The average Bonchev–Trinajstić information content (AvgIpc) is 2.97. The summed E-state index contributed by atoms with van der Waals surface area (Å²) < 4.78 is 11.3. The molecule has 0 aliphatic rings. The van der Waals surface area contributed by atoms with Gasteiger partial charge in [-0.2, -0.15) is 0 Å². The third-order valence-corrected chi connectivity index (χ3v) is 6.26. The minimum absolute atomic E-state index is 0.109. The summed E-state index contributed by atoms with van der Waals surface area (Å²) in [5.41, 5.74) is 4.00. The zero-order chi connectivity index (χ0) is 26.4. The lowest BCUT2D eigenvalue weighted by Gasteiger charge is -2.30. The van der Waals surface area contributed by atoms with Crippen molar-refractivity contribution in [2.75, 3.05) is 0 Å². The van der Waals surface area contributed by atoms with Crippen LogP contribution in [0.3, 0.4) is 0 Å². The number of carbonyl (C=O) groups is 2. The fourth-order valence-corrected chi connectivity index (χ4v) is 4.25. The summed E-state index contributed by atoms with van der Waals surface area (Å²) in [6, 6.07) is 38.6. The van der Waals surface area contributed by atoms with E-state index in [1.165, 1.54) is 0 Å². The van der Waals surface area contributed by atoms with E-state index in [1.807, 2.05) is 121 Å². The second-order valence-electron chi connectivity index (χ2n) is 9.17. The van der Waals surface area contributed by atoms with Crippen LogP contribution in [0, 0.1) is 0 Å². The molecule has 5 nitrogen and oxygen atoms in total. The van der Waals surface area contributed by atoms with Crippen molar-refractivity contribution < 1.29 is 19.1 Å². The highest BCUT2D eigenvalue weighted by Crippen LogP contribution is 2.19. The number of esters is 2. The third kappa shape index (κ3) is 8.71. The third-order valence-electron chi connectivity index (χ3n) is 6.26. The van der Waals surface area contributed by atoms with Gasteiger partial charge < -0.3 is 9.47 Å². The Balaban J connectivity index is 1.50. The van der Waals surface area contributed by atoms with Crippen molar-refractivity contribution in [3.63, 3.8) is 0 Å². The van der Waals surface area contributed by atoms with Crippen molar-refractivity contribution in [2.45, 2.75) is 45.2 Å². The number of rotatable bonds is 13. The fraction of sp³-hybridized carbons (Fsp3) is 0.212. The number of nitrogens with zero attached hydrogens (tertiary/aromatic N) is 1. The van der Waals surface area contributed by atoms with Gasteiger partial charge in [0.1, 0.15) is 19.3 Å². The minimum atomic E-state index is -0.622. The molecule has 0 bridgehead atoms. The topological polar surface area (TPSA) is 55.8 Å². The number of ether oxygens (including phenoxy) is 2. The first kappa shape index (κ1) is 26.8. The summed E-state index contributed by atoms with van der Waals surface area (Å²) in [6.45, 7) is 1.47. The molecule has 0 saturated heterocycles. The van der Waals surface area contributed by atoms with Gasteiger partial charge in [0.05, 0.1) is 0 Å². The Labute approximate surface area is 224 Å². The molecule has 0 fully saturated rings. The van der Waals surface area contributed by atoms with E-state index in [-0.39, 0.29) is 31.6 Å². The van der Waals surface area contributed by atoms with Gasteiger partial charge in [-0.1, -0.05) is 121 Å². The Hall–Kier alpha value is -4.22. The summed E-state index contributed by atoms with van der Waals surface area (Å²) in [6.07, 6.45) is 0.402. The zero-order valence-corrected chi connectivity index (χ0v) is 21.4. The molecule has 0 amide bonds. The van der Waals surface area contributed by atoms with Crippen molar-refractivity contribution in [3.8, 4) is 0 Å². The second-order valence-corrected chi connectivity index (χ2v) is 9.17. The lowest BCUT2D eigenvalue weighted by Crippen LogP contribution is -2.41. The molecule has 0 aliphatic carbocycles. The molecule has 4 aromatic rings. The predicted octanol–water partition coefficient (Wildman–Crippen LogP) is 6.32. The maximum Gasteiger partial charge on any atom is 0.323 e. The molecule has 4 rings (SSSR count). The standard InChI is InChI=1S/C33H33NO4/c35-32(37-25-29-17-9-3-10-18-29)22-21-31(33(36)38-26-30-19-11-4-12-20-30)34(23-27-13-5-1-6-14-27)24-28-15-7-2-8-16-28/h1-20,31H,21-26H2. The van der Waals surface area contributed by atoms with E-state index in [1.54, 1.807) is 0 Å². The summed E-state index contributed by atoms with van der Waals surface area (Å²) in [7, 11) is 0. The first-order valence-electron chi connectivity index (χ1n) is 12.9. The molecule has 0 aliphatic heterocycles. The van der Waals surface area contributed by atoms with Gasteiger partial charge in [-0.05, 0) is 28.7 Å². The van der Waals surface area contributed by atoms with Crippen LogP contribution in [0.15, 0.2) is 121 Å². The van der Waals surface area contributed by atoms with E-state index in [2.05, 4.69) is 4.90 Å². The largest absolute Gasteiger partial charge is 0.461 e. The van der Waals surface area contributed by atoms with E-state index >= 15 is 0 Å². The zero-order valence-electron chi connectivity index (χ0n) is 21.4. The van der Waals surface area contributed by atoms with Crippen LogP contribution in [0.5, 0.6) is 0 Å². The lowest BCUT2D eigenvalue weighted by molar-refractivity contribution is -0.153.